The molecule has 0 fully saturated rings. The van der Waals surface area contributed by atoms with E-state index in [2.05, 4.69) is 14.9 Å². The molecule has 0 unspecified atom stereocenters. The second-order valence-electron chi connectivity index (χ2n) is 4.32. The summed E-state index contributed by atoms with van der Waals surface area (Å²) in [5, 5.41) is 6.65. The van der Waals surface area contributed by atoms with Crippen molar-refractivity contribution in [1.82, 2.24) is 10.2 Å². The van der Waals surface area contributed by atoms with Crippen LogP contribution < -0.4 is 10.5 Å². The Labute approximate surface area is 112 Å². The molecule has 4 N–H and O–H groups in total. The van der Waals surface area contributed by atoms with Crippen molar-refractivity contribution >= 4 is 21.5 Å². The molecule has 0 bridgehead atoms. The first-order valence-corrected chi connectivity index (χ1v) is 7.33. The van der Waals surface area contributed by atoms with Crippen LogP contribution in [0.15, 0.2) is 29.2 Å². The quantitative estimate of drug-likeness (QED) is 0.741. The van der Waals surface area contributed by atoms with Gasteiger partial charge in [-0.25, -0.2) is 8.42 Å². The van der Waals surface area contributed by atoms with Crippen LogP contribution in [0.2, 0.25) is 0 Å². The van der Waals surface area contributed by atoms with Gasteiger partial charge in [0, 0.05) is 17.4 Å². The Balaban J connectivity index is 2.31. The summed E-state index contributed by atoms with van der Waals surface area (Å²) in [6.45, 7) is 3.74. The number of aryl methyl sites for hydroxylation is 2. The second kappa shape index (κ2) is 4.93. The predicted molar refractivity (Wildman–Crippen MR) is 74.4 cm³/mol. The minimum absolute atomic E-state index is 0.131. The monoisotopic (exact) mass is 280 g/mol. The van der Waals surface area contributed by atoms with Gasteiger partial charge >= 0.3 is 0 Å². The van der Waals surface area contributed by atoms with Gasteiger partial charge in [0.25, 0.3) is 10.0 Å². The molecular weight excluding hydrogens is 264 g/mol. The average Bonchev–Trinajstić information content (AvgIpc) is 2.74. The number of nitrogens with zero attached hydrogens (tertiary/aromatic N) is 1. The number of hydrogen-bond donors (Lipinski definition) is 3. The maximum absolute atomic E-state index is 12.2. The molecule has 6 nitrogen and oxygen atoms in total. The van der Waals surface area contributed by atoms with E-state index in [0.29, 0.717) is 5.69 Å². The van der Waals surface area contributed by atoms with Crippen LogP contribution in [0.25, 0.3) is 0 Å². The summed E-state index contributed by atoms with van der Waals surface area (Å²) >= 11 is 0. The van der Waals surface area contributed by atoms with Crippen LogP contribution in [0.4, 0.5) is 11.5 Å². The third-order valence-electron chi connectivity index (χ3n) is 2.63. The molecule has 1 heterocycles. The summed E-state index contributed by atoms with van der Waals surface area (Å²) in [5.74, 6) is 0.275. The summed E-state index contributed by atoms with van der Waals surface area (Å²) < 4.78 is 26.8. The standard InChI is InChI=1S/C12H16N4O2S/c1-3-10-7-12(15-14-10)16-19(17,18)11-5-8(2)4-9(13)6-11/h4-7H,3,13H2,1-2H3,(H2,14,15,16). The summed E-state index contributed by atoms with van der Waals surface area (Å²) in [7, 11) is -3.67. The Kier molecular flexibility index (Phi) is 3.48. The largest absolute Gasteiger partial charge is 0.399 e. The van der Waals surface area contributed by atoms with Crippen molar-refractivity contribution in [3.63, 3.8) is 0 Å². The molecule has 2 rings (SSSR count). The number of sulfonamides is 1. The first kappa shape index (κ1) is 13.4. The van der Waals surface area contributed by atoms with E-state index in [1.165, 1.54) is 6.07 Å². The number of hydrogen-bond acceptors (Lipinski definition) is 4. The van der Waals surface area contributed by atoms with E-state index in [1.54, 1.807) is 25.1 Å². The number of benzene rings is 1. The fourth-order valence-electron chi connectivity index (χ4n) is 1.72. The van der Waals surface area contributed by atoms with E-state index in [1.807, 2.05) is 6.92 Å². The lowest BCUT2D eigenvalue weighted by atomic mass is 10.2. The van der Waals surface area contributed by atoms with Gasteiger partial charge < -0.3 is 5.73 Å². The Bertz CT molecular complexity index is 671. The SMILES string of the molecule is CCc1cc(NS(=O)(=O)c2cc(C)cc(N)c2)n[nH]1. The van der Waals surface area contributed by atoms with E-state index in [4.69, 9.17) is 5.73 Å². The minimum atomic E-state index is -3.67. The smallest absolute Gasteiger partial charge is 0.263 e. The van der Waals surface area contributed by atoms with Gasteiger partial charge in [-0.2, -0.15) is 5.10 Å². The lowest BCUT2D eigenvalue weighted by Crippen LogP contribution is -2.13. The van der Waals surface area contributed by atoms with Crippen molar-refractivity contribution in [2.45, 2.75) is 25.2 Å². The van der Waals surface area contributed by atoms with E-state index in [-0.39, 0.29) is 10.7 Å². The molecule has 0 aliphatic heterocycles. The highest BCUT2D eigenvalue weighted by Crippen LogP contribution is 2.19. The van der Waals surface area contributed by atoms with Crippen molar-refractivity contribution in [1.29, 1.82) is 0 Å². The van der Waals surface area contributed by atoms with Crippen LogP contribution in [0.5, 0.6) is 0 Å². The Morgan fingerprint density at radius 2 is 2.05 bits per heavy atom. The average molecular weight is 280 g/mol. The van der Waals surface area contributed by atoms with Gasteiger partial charge in [-0.15, -0.1) is 0 Å². The molecule has 19 heavy (non-hydrogen) atoms. The third-order valence-corrected chi connectivity index (χ3v) is 3.97. The normalized spacial score (nSPS) is 11.5. The highest BCUT2D eigenvalue weighted by Gasteiger charge is 2.16. The van der Waals surface area contributed by atoms with Gasteiger partial charge in [0.1, 0.15) is 0 Å². The van der Waals surface area contributed by atoms with Crippen molar-refractivity contribution in [2.75, 3.05) is 10.5 Å². The molecule has 0 spiro atoms. The Hall–Kier alpha value is -2.02. The number of rotatable bonds is 4. The van der Waals surface area contributed by atoms with Gasteiger partial charge in [-0.1, -0.05) is 6.92 Å². The molecule has 0 amide bonds. The van der Waals surface area contributed by atoms with Crippen LogP contribution in [0.3, 0.4) is 0 Å². The summed E-state index contributed by atoms with van der Waals surface area (Å²) in [6, 6.07) is 6.36. The van der Waals surface area contributed by atoms with E-state index >= 15 is 0 Å². The first-order chi connectivity index (χ1) is 8.90. The molecule has 0 radical (unpaired) electrons. The molecule has 0 aliphatic rings. The zero-order valence-corrected chi connectivity index (χ0v) is 11.6. The molecule has 0 saturated carbocycles. The fourth-order valence-corrected chi connectivity index (χ4v) is 2.85. The third kappa shape index (κ3) is 3.05. The number of nitrogens with two attached hydrogens (primary N) is 1. The first-order valence-electron chi connectivity index (χ1n) is 5.85. The topological polar surface area (TPSA) is 101 Å². The number of H-pyrrole nitrogens is 1. The Morgan fingerprint density at radius 3 is 2.63 bits per heavy atom. The molecule has 0 aliphatic carbocycles. The molecule has 2 aromatic rings. The van der Waals surface area contributed by atoms with Crippen molar-refractivity contribution < 1.29 is 8.42 Å². The van der Waals surface area contributed by atoms with Crippen molar-refractivity contribution in [3.05, 3.63) is 35.5 Å². The van der Waals surface area contributed by atoms with Crippen LogP contribution in [0, 0.1) is 6.92 Å². The number of aromatic nitrogens is 2. The Morgan fingerprint density at radius 1 is 1.32 bits per heavy atom. The lowest BCUT2D eigenvalue weighted by Gasteiger charge is -2.07. The maximum Gasteiger partial charge on any atom is 0.263 e. The molecule has 0 saturated heterocycles. The van der Waals surface area contributed by atoms with Gasteiger partial charge in [-0.3, -0.25) is 9.82 Å². The highest BCUT2D eigenvalue weighted by atomic mass is 32.2. The van der Waals surface area contributed by atoms with Crippen molar-refractivity contribution in [2.24, 2.45) is 0 Å². The van der Waals surface area contributed by atoms with E-state index in [0.717, 1.165) is 17.7 Å². The highest BCUT2D eigenvalue weighted by molar-refractivity contribution is 7.92. The molecule has 0 atom stereocenters. The summed E-state index contributed by atoms with van der Waals surface area (Å²) in [5.41, 5.74) is 7.73. The summed E-state index contributed by atoms with van der Waals surface area (Å²) in [6.07, 6.45) is 0.756. The predicted octanol–water partition coefficient (Wildman–Crippen LogP) is 1.66. The second-order valence-corrected chi connectivity index (χ2v) is 6.00. The van der Waals surface area contributed by atoms with E-state index < -0.39 is 10.0 Å². The number of nitrogens with one attached hydrogen (secondary N) is 2. The molecular formula is C12H16N4O2S. The van der Waals surface area contributed by atoms with Crippen molar-refractivity contribution in [3.8, 4) is 0 Å². The fraction of sp³-hybridized carbons (Fsp3) is 0.250. The maximum atomic E-state index is 12.2. The number of aromatic amines is 1. The molecule has 102 valence electrons. The van der Waals surface area contributed by atoms with Crippen LogP contribution in [0.1, 0.15) is 18.2 Å². The summed E-state index contributed by atoms with van der Waals surface area (Å²) in [4.78, 5) is 0.131. The van der Waals surface area contributed by atoms with Crippen LogP contribution in [-0.2, 0) is 16.4 Å². The molecule has 1 aromatic heterocycles. The van der Waals surface area contributed by atoms with Gasteiger partial charge in [-0.05, 0) is 37.1 Å². The number of nitrogen functional groups attached to an aromatic ring is 1. The van der Waals surface area contributed by atoms with Crippen LogP contribution in [-0.4, -0.2) is 18.6 Å². The number of anilines is 2. The minimum Gasteiger partial charge on any atom is -0.399 e. The lowest BCUT2D eigenvalue weighted by molar-refractivity contribution is 0.601. The molecule has 7 heteroatoms. The zero-order valence-electron chi connectivity index (χ0n) is 10.8. The molecule has 1 aromatic carbocycles. The van der Waals surface area contributed by atoms with Gasteiger partial charge in [0.2, 0.25) is 0 Å². The van der Waals surface area contributed by atoms with E-state index in [9.17, 15) is 8.42 Å². The van der Waals surface area contributed by atoms with Gasteiger partial charge in [0.15, 0.2) is 5.82 Å². The van der Waals surface area contributed by atoms with Gasteiger partial charge in [0.05, 0.1) is 4.90 Å². The van der Waals surface area contributed by atoms with Crippen LogP contribution >= 0.6 is 0 Å². The zero-order chi connectivity index (χ0) is 14.0.